The maximum atomic E-state index is 5.09. The summed E-state index contributed by atoms with van der Waals surface area (Å²) in [5, 5.41) is 0. The molecule has 0 fully saturated rings. The van der Waals surface area contributed by atoms with Gasteiger partial charge in [-0.05, 0) is 34.4 Å². The number of halogens is 1. The fourth-order valence-electron chi connectivity index (χ4n) is 0.485. The molecule has 5 heteroatoms. The highest BCUT2D eigenvalue weighted by atomic mass is 79.9. The molecule has 1 aromatic heterocycles. The molecule has 0 atom stereocenters. The molecule has 56 valence electrons. The fraction of sp³-hybridized carbons (Fsp3) is 0.600. The molecule has 0 saturated heterocycles. The van der Waals surface area contributed by atoms with E-state index in [1.54, 1.807) is 0 Å². The molecule has 10 heavy (non-hydrogen) atoms. The maximum Gasteiger partial charge on any atom is 0.179 e. The monoisotopic (exact) mass is 222 g/mol. The second kappa shape index (κ2) is 4.00. The molecule has 0 bridgehead atoms. The lowest BCUT2D eigenvalue weighted by Crippen LogP contribution is -1.92. The molecule has 0 N–H and O–H groups in total. The first-order valence-corrected chi connectivity index (χ1v) is 4.45. The SMILES string of the molecule is CCOCc1nsc(Br)n1. The van der Waals surface area contributed by atoms with E-state index in [1.165, 1.54) is 11.5 Å². The highest BCUT2D eigenvalue weighted by molar-refractivity contribution is 9.11. The van der Waals surface area contributed by atoms with Crippen molar-refractivity contribution < 1.29 is 4.74 Å². The van der Waals surface area contributed by atoms with Crippen molar-refractivity contribution in [1.82, 2.24) is 9.36 Å². The summed E-state index contributed by atoms with van der Waals surface area (Å²) in [4.78, 5) is 4.05. The number of rotatable bonds is 3. The molecule has 0 aliphatic rings. The minimum absolute atomic E-state index is 0.512. The van der Waals surface area contributed by atoms with E-state index >= 15 is 0 Å². The van der Waals surface area contributed by atoms with E-state index in [0.717, 1.165) is 9.74 Å². The van der Waals surface area contributed by atoms with Crippen molar-refractivity contribution >= 4 is 27.5 Å². The Balaban J connectivity index is 2.42. The van der Waals surface area contributed by atoms with Crippen LogP contribution in [0.3, 0.4) is 0 Å². The average molecular weight is 223 g/mol. The third-order valence-corrected chi connectivity index (χ3v) is 2.03. The van der Waals surface area contributed by atoms with Crippen LogP contribution in [0.4, 0.5) is 0 Å². The molecule has 3 nitrogen and oxygen atoms in total. The van der Waals surface area contributed by atoms with Crippen LogP contribution in [0.5, 0.6) is 0 Å². The Morgan fingerprint density at radius 1 is 1.70 bits per heavy atom. The quantitative estimate of drug-likeness (QED) is 0.784. The third kappa shape index (κ3) is 2.32. The van der Waals surface area contributed by atoms with Crippen LogP contribution in [-0.4, -0.2) is 16.0 Å². The number of ether oxygens (including phenoxy) is 1. The molecule has 0 amide bonds. The van der Waals surface area contributed by atoms with Gasteiger partial charge in [-0.3, -0.25) is 0 Å². The van der Waals surface area contributed by atoms with Gasteiger partial charge in [-0.25, -0.2) is 4.98 Å². The van der Waals surface area contributed by atoms with Crippen LogP contribution in [-0.2, 0) is 11.3 Å². The van der Waals surface area contributed by atoms with E-state index in [2.05, 4.69) is 25.3 Å². The van der Waals surface area contributed by atoms with Gasteiger partial charge in [0.2, 0.25) is 0 Å². The lowest BCUT2D eigenvalue weighted by molar-refractivity contribution is 0.129. The van der Waals surface area contributed by atoms with Gasteiger partial charge >= 0.3 is 0 Å². The van der Waals surface area contributed by atoms with Crippen molar-refractivity contribution in [3.05, 3.63) is 9.74 Å². The predicted octanol–water partition coefficient (Wildman–Crippen LogP) is 1.84. The van der Waals surface area contributed by atoms with Crippen LogP contribution >= 0.6 is 27.5 Å². The zero-order valence-corrected chi connectivity index (χ0v) is 7.91. The Bertz CT molecular complexity index is 203. The second-order valence-electron chi connectivity index (χ2n) is 1.60. The fourth-order valence-corrected chi connectivity index (χ4v) is 1.33. The molecule has 0 aliphatic carbocycles. The molecule has 0 aromatic carbocycles. The summed E-state index contributed by atoms with van der Waals surface area (Å²) in [6, 6.07) is 0. The molecular weight excluding hydrogens is 216 g/mol. The third-order valence-electron chi connectivity index (χ3n) is 0.879. The predicted molar refractivity (Wildman–Crippen MR) is 42.9 cm³/mol. The maximum absolute atomic E-state index is 5.09. The van der Waals surface area contributed by atoms with Gasteiger partial charge in [0.05, 0.1) is 0 Å². The van der Waals surface area contributed by atoms with E-state index in [0.29, 0.717) is 13.2 Å². The van der Waals surface area contributed by atoms with Crippen molar-refractivity contribution in [3.63, 3.8) is 0 Å². The summed E-state index contributed by atoms with van der Waals surface area (Å²) < 4.78 is 9.91. The van der Waals surface area contributed by atoms with Crippen molar-refractivity contribution in [3.8, 4) is 0 Å². The lowest BCUT2D eigenvalue weighted by atomic mass is 10.7. The van der Waals surface area contributed by atoms with Gasteiger partial charge in [-0.2, -0.15) is 4.37 Å². The summed E-state index contributed by atoms with van der Waals surface area (Å²) in [6.07, 6.45) is 0. The second-order valence-corrected chi connectivity index (χ2v) is 3.63. The Morgan fingerprint density at radius 3 is 3.00 bits per heavy atom. The van der Waals surface area contributed by atoms with E-state index in [1.807, 2.05) is 6.92 Å². The topological polar surface area (TPSA) is 35.0 Å². The van der Waals surface area contributed by atoms with Gasteiger partial charge in [0.25, 0.3) is 0 Å². The van der Waals surface area contributed by atoms with Crippen molar-refractivity contribution in [1.29, 1.82) is 0 Å². The molecule has 0 unspecified atom stereocenters. The number of aromatic nitrogens is 2. The van der Waals surface area contributed by atoms with Crippen LogP contribution in [0, 0.1) is 0 Å². The highest BCUT2D eigenvalue weighted by Crippen LogP contribution is 2.11. The average Bonchev–Trinajstić information content (AvgIpc) is 2.31. The zero-order valence-electron chi connectivity index (χ0n) is 5.50. The normalized spacial score (nSPS) is 10.2. The van der Waals surface area contributed by atoms with Crippen molar-refractivity contribution in [2.24, 2.45) is 0 Å². The van der Waals surface area contributed by atoms with E-state index < -0.39 is 0 Å². The Labute approximate surface area is 71.7 Å². The first-order valence-electron chi connectivity index (χ1n) is 2.88. The Kier molecular flexibility index (Phi) is 3.24. The van der Waals surface area contributed by atoms with E-state index in [4.69, 9.17) is 4.74 Å². The largest absolute Gasteiger partial charge is 0.374 e. The Morgan fingerprint density at radius 2 is 2.50 bits per heavy atom. The van der Waals surface area contributed by atoms with Crippen LogP contribution < -0.4 is 0 Å². The van der Waals surface area contributed by atoms with E-state index in [-0.39, 0.29) is 0 Å². The molecular formula is C5H7BrN2OS. The van der Waals surface area contributed by atoms with Gasteiger partial charge in [-0.1, -0.05) is 0 Å². The minimum Gasteiger partial charge on any atom is -0.374 e. The molecule has 0 aliphatic heterocycles. The van der Waals surface area contributed by atoms with Gasteiger partial charge in [0, 0.05) is 6.61 Å². The molecule has 0 spiro atoms. The summed E-state index contributed by atoms with van der Waals surface area (Å²) in [5.74, 6) is 0.749. The van der Waals surface area contributed by atoms with Crippen LogP contribution in [0.15, 0.2) is 3.92 Å². The van der Waals surface area contributed by atoms with Crippen molar-refractivity contribution in [2.45, 2.75) is 13.5 Å². The standard InChI is InChI=1S/C5H7BrN2OS/c1-2-9-3-4-7-5(6)10-8-4/h2-3H2,1H3. The van der Waals surface area contributed by atoms with E-state index in [9.17, 15) is 0 Å². The van der Waals surface area contributed by atoms with Gasteiger partial charge < -0.3 is 4.74 Å². The molecule has 1 heterocycles. The molecule has 0 saturated carbocycles. The minimum atomic E-state index is 0.512. The number of nitrogens with zero attached hydrogens (tertiary/aromatic N) is 2. The smallest absolute Gasteiger partial charge is 0.179 e. The Hall–Kier alpha value is -0.0000000000000000555. The molecule has 0 radical (unpaired) electrons. The van der Waals surface area contributed by atoms with Crippen LogP contribution in [0.25, 0.3) is 0 Å². The van der Waals surface area contributed by atoms with Gasteiger partial charge in [0.15, 0.2) is 9.74 Å². The van der Waals surface area contributed by atoms with Gasteiger partial charge in [0.1, 0.15) is 6.61 Å². The summed E-state index contributed by atoms with van der Waals surface area (Å²) in [5.41, 5.74) is 0. The molecule has 1 rings (SSSR count). The summed E-state index contributed by atoms with van der Waals surface area (Å²) in [7, 11) is 0. The lowest BCUT2D eigenvalue weighted by Gasteiger charge is -1.92. The highest BCUT2D eigenvalue weighted by Gasteiger charge is 1.98. The number of hydrogen-bond acceptors (Lipinski definition) is 4. The van der Waals surface area contributed by atoms with Gasteiger partial charge in [-0.15, -0.1) is 0 Å². The van der Waals surface area contributed by atoms with Crippen LogP contribution in [0.2, 0.25) is 0 Å². The first-order chi connectivity index (χ1) is 4.83. The number of hydrogen-bond donors (Lipinski definition) is 0. The molecule has 1 aromatic rings. The first kappa shape index (κ1) is 8.10. The van der Waals surface area contributed by atoms with Crippen LogP contribution in [0.1, 0.15) is 12.7 Å². The van der Waals surface area contributed by atoms with Crippen molar-refractivity contribution in [2.75, 3.05) is 6.61 Å². The zero-order chi connectivity index (χ0) is 7.40. The summed E-state index contributed by atoms with van der Waals surface area (Å²) >= 11 is 4.54. The summed E-state index contributed by atoms with van der Waals surface area (Å²) in [6.45, 7) is 3.16.